The van der Waals surface area contributed by atoms with E-state index in [2.05, 4.69) is 30.6 Å². The van der Waals surface area contributed by atoms with Gasteiger partial charge in [0.1, 0.15) is 11.2 Å². The molecule has 4 heterocycles. The highest BCUT2D eigenvalue weighted by atomic mass is 19.1. The summed E-state index contributed by atoms with van der Waals surface area (Å²) in [7, 11) is 0. The molecule has 3 N–H and O–H groups in total. The van der Waals surface area contributed by atoms with Crippen LogP contribution in [0, 0.1) is 23.6 Å². The summed E-state index contributed by atoms with van der Waals surface area (Å²) in [5, 5.41) is 25.5. The van der Waals surface area contributed by atoms with Crippen molar-refractivity contribution in [2.75, 3.05) is 5.32 Å². The maximum Gasteiger partial charge on any atom is 0.308 e. The van der Waals surface area contributed by atoms with Crippen molar-refractivity contribution in [1.29, 1.82) is 0 Å². The number of fused-ring (bicyclic) bond motifs is 5. The molecule has 4 aromatic heterocycles. The summed E-state index contributed by atoms with van der Waals surface area (Å²) in [6, 6.07) is 4.68. The molecule has 0 saturated heterocycles. The second-order valence-corrected chi connectivity index (χ2v) is 8.42. The zero-order valence-corrected chi connectivity index (χ0v) is 16.5. The van der Waals surface area contributed by atoms with Crippen molar-refractivity contribution in [3.05, 3.63) is 36.4 Å². The molecule has 31 heavy (non-hydrogen) atoms. The minimum Gasteiger partial charge on any atom is -0.481 e. The van der Waals surface area contributed by atoms with Gasteiger partial charge in [-0.05, 0) is 55.7 Å². The van der Waals surface area contributed by atoms with Gasteiger partial charge in [-0.25, -0.2) is 18.9 Å². The van der Waals surface area contributed by atoms with Crippen molar-refractivity contribution >= 4 is 28.3 Å². The van der Waals surface area contributed by atoms with E-state index in [0.717, 1.165) is 31.1 Å². The number of carboxylic acid groups (broad SMARTS) is 1. The zero-order valence-electron chi connectivity index (χ0n) is 16.5. The molecule has 0 spiro atoms. The first-order chi connectivity index (χ1) is 15.1. The average molecular weight is 421 g/mol. The summed E-state index contributed by atoms with van der Waals surface area (Å²) in [5.74, 6) is -0.800. The largest absolute Gasteiger partial charge is 0.481 e. The van der Waals surface area contributed by atoms with Crippen LogP contribution >= 0.6 is 0 Å². The molecule has 2 bridgehead atoms. The Hall–Kier alpha value is -3.56. The first-order valence-corrected chi connectivity index (χ1v) is 10.4. The van der Waals surface area contributed by atoms with Crippen molar-refractivity contribution < 1.29 is 14.3 Å². The van der Waals surface area contributed by atoms with Crippen molar-refractivity contribution in [2.24, 2.45) is 17.8 Å². The monoisotopic (exact) mass is 421 g/mol. The van der Waals surface area contributed by atoms with Crippen LogP contribution in [0.25, 0.3) is 28.1 Å². The number of carboxylic acids is 1. The number of halogens is 1. The number of nitrogens with zero attached hydrogens (tertiary/aromatic N) is 5. The Kier molecular flexibility index (Phi) is 3.95. The van der Waals surface area contributed by atoms with Crippen LogP contribution in [0.5, 0.6) is 0 Å². The number of carbonyl (C=O) groups is 1. The van der Waals surface area contributed by atoms with E-state index < -0.39 is 17.7 Å². The summed E-state index contributed by atoms with van der Waals surface area (Å²) in [6.45, 7) is 0. The van der Waals surface area contributed by atoms with Gasteiger partial charge in [-0.2, -0.15) is 5.10 Å². The third-order valence-electron chi connectivity index (χ3n) is 6.82. The first-order valence-electron chi connectivity index (χ1n) is 10.4. The van der Waals surface area contributed by atoms with E-state index in [9.17, 15) is 14.3 Å². The van der Waals surface area contributed by atoms with Crippen molar-refractivity contribution in [2.45, 2.75) is 31.7 Å². The van der Waals surface area contributed by atoms with Gasteiger partial charge in [0, 0.05) is 18.4 Å². The standard InChI is InChI=1S/C21H20FN7O2/c22-13-7-9-29-17(13)20(24-15-11-5-3-10(4-6-11)14(15)21(30)31)25-19(28-29)16-12-2-1-8-23-18(12)27-26-16/h1-2,7-11,14-15H,3-6H2,(H,30,31)(H,23,26,27)(H,24,25,28). The molecule has 158 valence electrons. The molecule has 7 rings (SSSR count). The third kappa shape index (κ3) is 2.77. The fraction of sp³-hybridized carbons (Fsp3) is 0.381. The number of hydrogen-bond donors (Lipinski definition) is 3. The molecule has 4 aromatic rings. The fourth-order valence-electron chi connectivity index (χ4n) is 5.38. The van der Waals surface area contributed by atoms with Crippen LogP contribution < -0.4 is 5.32 Å². The lowest BCUT2D eigenvalue weighted by molar-refractivity contribution is -0.148. The van der Waals surface area contributed by atoms with E-state index in [-0.39, 0.29) is 23.4 Å². The number of nitrogens with one attached hydrogen (secondary N) is 2. The van der Waals surface area contributed by atoms with Crippen LogP contribution in [-0.2, 0) is 4.79 Å². The van der Waals surface area contributed by atoms with Crippen molar-refractivity contribution in [1.82, 2.24) is 29.8 Å². The number of aromatic amines is 1. The molecule has 0 amide bonds. The SMILES string of the molecule is O=C(O)C1C2CCC(CC2)C1Nc1nc(-c2[nH]nc3ncccc23)nn2ccc(F)c12. The van der Waals surface area contributed by atoms with E-state index in [1.807, 2.05) is 6.07 Å². The Labute approximate surface area is 175 Å². The average Bonchev–Trinajstić information content (AvgIpc) is 3.38. The minimum atomic E-state index is -0.807. The minimum absolute atomic E-state index is 0.136. The smallest absolute Gasteiger partial charge is 0.308 e. The van der Waals surface area contributed by atoms with E-state index >= 15 is 0 Å². The van der Waals surface area contributed by atoms with Gasteiger partial charge in [-0.15, -0.1) is 5.10 Å². The van der Waals surface area contributed by atoms with Crippen LogP contribution in [0.3, 0.4) is 0 Å². The van der Waals surface area contributed by atoms with Crippen LogP contribution in [0.4, 0.5) is 10.2 Å². The number of pyridine rings is 1. The highest BCUT2D eigenvalue weighted by Crippen LogP contribution is 2.46. The summed E-state index contributed by atoms with van der Waals surface area (Å²) in [6.07, 6.45) is 6.98. The Bertz CT molecular complexity index is 1310. The van der Waals surface area contributed by atoms with E-state index in [0.29, 0.717) is 23.0 Å². The molecular formula is C21H20FN7O2. The summed E-state index contributed by atoms with van der Waals surface area (Å²) < 4.78 is 16.1. The molecule has 3 fully saturated rings. The van der Waals surface area contributed by atoms with E-state index in [1.54, 1.807) is 12.3 Å². The van der Waals surface area contributed by atoms with E-state index in [4.69, 9.17) is 0 Å². The summed E-state index contributed by atoms with van der Waals surface area (Å²) in [4.78, 5) is 20.9. The van der Waals surface area contributed by atoms with Gasteiger partial charge in [0.05, 0.1) is 11.3 Å². The lowest BCUT2D eigenvalue weighted by atomic mass is 9.61. The quantitative estimate of drug-likeness (QED) is 0.463. The molecule has 3 saturated carbocycles. The highest BCUT2D eigenvalue weighted by molar-refractivity contribution is 5.89. The summed E-state index contributed by atoms with van der Waals surface area (Å²) >= 11 is 0. The predicted molar refractivity (Wildman–Crippen MR) is 110 cm³/mol. The van der Waals surface area contributed by atoms with Crippen molar-refractivity contribution in [3.8, 4) is 11.5 Å². The third-order valence-corrected chi connectivity index (χ3v) is 6.82. The molecule has 0 aromatic carbocycles. The normalized spacial score (nSPS) is 25.3. The maximum atomic E-state index is 14.6. The Morgan fingerprint density at radius 1 is 1.23 bits per heavy atom. The molecule has 10 heteroatoms. The highest BCUT2D eigenvalue weighted by Gasteiger charge is 2.47. The molecule has 9 nitrogen and oxygen atoms in total. The lowest BCUT2D eigenvalue weighted by Crippen LogP contribution is -2.51. The molecule has 2 atom stereocenters. The van der Waals surface area contributed by atoms with Gasteiger partial charge in [-0.3, -0.25) is 9.89 Å². The summed E-state index contributed by atoms with van der Waals surface area (Å²) in [5.41, 5.74) is 1.31. The number of rotatable bonds is 4. The Morgan fingerprint density at radius 2 is 2.03 bits per heavy atom. The number of aromatic nitrogens is 6. The van der Waals surface area contributed by atoms with Gasteiger partial charge in [0.2, 0.25) is 5.82 Å². The van der Waals surface area contributed by atoms with Gasteiger partial charge < -0.3 is 10.4 Å². The second kappa shape index (κ2) is 6.73. The molecule has 3 aliphatic rings. The Balaban J connectivity index is 1.48. The van der Waals surface area contributed by atoms with Crippen LogP contribution in [-0.4, -0.2) is 46.9 Å². The van der Waals surface area contributed by atoms with Gasteiger partial charge >= 0.3 is 5.97 Å². The molecule has 0 radical (unpaired) electrons. The number of hydrogen-bond acceptors (Lipinski definition) is 6. The van der Waals surface area contributed by atoms with Gasteiger partial charge in [-0.1, -0.05) is 0 Å². The molecule has 2 unspecified atom stereocenters. The first kappa shape index (κ1) is 18.2. The predicted octanol–water partition coefficient (Wildman–Crippen LogP) is 3.11. The molecule has 3 aliphatic carbocycles. The lowest BCUT2D eigenvalue weighted by Gasteiger charge is -2.47. The van der Waals surface area contributed by atoms with Crippen molar-refractivity contribution in [3.63, 3.8) is 0 Å². The number of anilines is 1. The topological polar surface area (TPSA) is 121 Å². The maximum absolute atomic E-state index is 14.6. The van der Waals surface area contributed by atoms with Gasteiger partial charge in [0.25, 0.3) is 0 Å². The van der Waals surface area contributed by atoms with Crippen LogP contribution in [0.2, 0.25) is 0 Å². The van der Waals surface area contributed by atoms with Crippen LogP contribution in [0.15, 0.2) is 30.6 Å². The number of H-pyrrole nitrogens is 1. The van der Waals surface area contributed by atoms with Gasteiger partial charge in [0.15, 0.2) is 17.3 Å². The second-order valence-electron chi connectivity index (χ2n) is 8.42. The fourth-order valence-corrected chi connectivity index (χ4v) is 5.38. The van der Waals surface area contributed by atoms with Crippen LogP contribution in [0.1, 0.15) is 25.7 Å². The van der Waals surface area contributed by atoms with E-state index in [1.165, 1.54) is 16.8 Å². The number of aliphatic carboxylic acids is 1. The zero-order chi connectivity index (χ0) is 21.1. The molecule has 0 aliphatic heterocycles. The Morgan fingerprint density at radius 3 is 2.84 bits per heavy atom. The molecular weight excluding hydrogens is 401 g/mol.